The number of carbonyl (C=O) groups excluding carboxylic acids is 2. The van der Waals surface area contributed by atoms with E-state index < -0.39 is 18.5 Å². The minimum absolute atomic E-state index is 0.0865. The van der Waals surface area contributed by atoms with Crippen molar-refractivity contribution in [3.8, 4) is 6.07 Å². The van der Waals surface area contributed by atoms with Crippen molar-refractivity contribution in [2.24, 2.45) is 0 Å². The zero-order valence-electron chi connectivity index (χ0n) is 15.5. The Labute approximate surface area is 166 Å². The molecule has 0 aliphatic heterocycles. The number of hydrogen-bond donors (Lipinski definition) is 0. The summed E-state index contributed by atoms with van der Waals surface area (Å²) in [5.74, 6) is -1.13. The number of para-hydroxylation sites is 2. The second-order valence-electron chi connectivity index (χ2n) is 6.14. The van der Waals surface area contributed by atoms with E-state index in [2.05, 4.69) is 4.98 Å². The summed E-state index contributed by atoms with van der Waals surface area (Å²) in [6, 6.07) is 17.5. The molecule has 0 saturated heterocycles. The predicted molar refractivity (Wildman–Crippen MR) is 106 cm³/mol. The van der Waals surface area contributed by atoms with Gasteiger partial charge in [-0.25, -0.2) is 4.98 Å². The predicted octanol–water partition coefficient (Wildman–Crippen LogP) is 1.89. The highest BCUT2D eigenvalue weighted by molar-refractivity contribution is 5.95. The number of amides is 1. The Morgan fingerprint density at radius 2 is 1.83 bits per heavy atom. The van der Waals surface area contributed by atoms with Gasteiger partial charge in [0.25, 0.3) is 11.5 Å². The summed E-state index contributed by atoms with van der Waals surface area (Å²) in [7, 11) is 0. The number of esters is 1. The number of hydrogen-bond acceptors (Lipinski definition) is 6. The van der Waals surface area contributed by atoms with Crippen LogP contribution in [0.15, 0.2) is 65.7 Å². The first-order valence-corrected chi connectivity index (χ1v) is 8.92. The fourth-order valence-corrected chi connectivity index (χ4v) is 2.77. The zero-order valence-corrected chi connectivity index (χ0v) is 15.5. The molecule has 3 rings (SSSR count). The average Bonchev–Trinajstić information content (AvgIpc) is 2.76. The van der Waals surface area contributed by atoms with Crippen LogP contribution in [0.25, 0.3) is 10.9 Å². The summed E-state index contributed by atoms with van der Waals surface area (Å²) < 4.78 is 6.36. The van der Waals surface area contributed by atoms with Crippen molar-refractivity contribution in [3.63, 3.8) is 0 Å². The van der Waals surface area contributed by atoms with Crippen molar-refractivity contribution < 1.29 is 14.3 Å². The van der Waals surface area contributed by atoms with Gasteiger partial charge in [-0.2, -0.15) is 5.26 Å². The SMILES string of the molecule is N#CCN(C(=O)COC(=O)CCn1cnc2ccccc2c1=O)c1ccccc1. The minimum Gasteiger partial charge on any atom is -0.455 e. The molecule has 0 aliphatic rings. The number of nitriles is 1. The van der Waals surface area contributed by atoms with Gasteiger partial charge in [-0.3, -0.25) is 23.9 Å². The van der Waals surface area contributed by atoms with Crippen LogP contribution in [0, 0.1) is 11.3 Å². The van der Waals surface area contributed by atoms with Gasteiger partial charge in [-0.05, 0) is 24.3 Å². The van der Waals surface area contributed by atoms with Gasteiger partial charge >= 0.3 is 5.97 Å². The van der Waals surface area contributed by atoms with Crippen molar-refractivity contribution in [2.45, 2.75) is 13.0 Å². The Morgan fingerprint density at radius 3 is 2.59 bits per heavy atom. The highest BCUT2D eigenvalue weighted by Gasteiger charge is 2.17. The quantitative estimate of drug-likeness (QED) is 0.451. The summed E-state index contributed by atoms with van der Waals surface area (Å²) in [4.78, 5) is 42.2. The Morgan fingerprint density at radius 1 is 1.10 bits per heavy atom. The molecule has 29 heavy (non-hydrogen) atoms. The molecule has 146 valence electrons. The molecule has 1 amide bonds. The molecule has 0 fully saturated rings. The lowest BCUT2D eigenvalue weighted by molar-refractivity contribution is -0.148. The lowest BCUT2D eigenvalue weighted by Crippen LogP contribution is -2.35. The number of benzene rings is 2. The van der Waals surface area contributed by atoms with Crippen LogP contribution in [-0.4, -0.2) is 34.6 Å². The largest absolute Gasteiger partial charge is 0.455 e. The van der Waals surface area contributed by atoms with Gasteiger partial charge in [0, 0.05) is 12.2 Å². The van der Waals surface area contributed by atoms with E-state index in [1.54, 1.807) is 54.6 Å². The van der Waals surface area contributed by atoms with Crippen LogP contribution in [0.2, 0.25) is 0 Å². The normalized spacial score (nSPS) is 10.3. The number of ether oxygens (including phenoxy) is 1. The van der Waals surface area contributed by atoms with E-state index in [9.17, 15) is 14.4 Å². The van der Waals surface area contributed by atoms with Crippen LogP contribution >= 0.6 is 0 Å². The molecule has 0 radical (unpaired) electrons. The standard InChI is InChI=1S/C21H18N4O4/c22-11-13-25(16-6-2-1-3-7-16)19(26)14-29-20(27)10-12-24-15-23-18-9-5-4-8-17(18)21(24)28/h1-9,15H,10,12-14H2. The Hall–Kier alpha value is -3.99. The molecule has 8 heteroatoms. The van der Waals surface area contributed by atoms with Crippen molar-refractivity contribution in [2.75, 3.05) is 18.1 Å². The zero-order chi connectivity index (χ0) is 20.6. The minimum atomic E-state index is -0.622. The maximum Gasteiger partial charge on any atom is 0.308 e. The average molecular weight is 390 g/mol. The fourth-order valence-electron chi connectivity index (χ4n) is 2.77. The molecule has 0 spiro atoms. The second-order valence-corrected chi connectivity index (χ2v) is 6.14. The number of nitrogens with zero attached hydrogens (tertiary/aromatic N) is 4. The first-order chi connectivity index (χ1) is 14.1. The molecule has 2 aromatic carbocycles. The van der Waals surface area contributed by atoms with Gasteiger partial charge in [0.15, 0.2) is 6.61 Å². The van der Waals surface area contributed by atoms with Crippen LogP contribution in [0.5, 0.6) is 0 Å². The van der Waals surface area contributed by atoms with Crippen LogP contribution in [0.4, 0.5) is 5.69 Å². The number of carbonyl (C=O) groups is 2. The second kappa shape index (κ2) is 9.28. The van der Waals surface area contributed by atoms with Gasteiger partial charge in [0.1, 0.15) is 6.54 Å². The van der Waals surface area contributed by atoms with E-state index in [-0.39, 0.29) is 25.1 Å². The summed E-state index contributed by atoms with van der Waals surface area (Å²) in [6.07, 6.45) is 1.30. The van der Waals surface area contributed by atoms with Gasteiger partial charge in [-0.1, -0.05) is 30.3 Å². The lowest BCUT2D eigenvalue weighted by Gasteiger charge is -2.19. The van der Waals surface area contributed by atoms with E-state index in [0.29, 0.717) is 16.6 Å². The Bertz CT molecular complexity index is 1120. The summed E-state index contributed by atoms with van der Waals surface area (Å²) >= 11 is 0. The molecule has 0 bridgehead atoms. The number of aromatic nitrogens is 2. The summed E-state index contributed by atoms with van der Waals surface area (Å²) in [5.41, 5.74) is 0.882. The smallest absolute Gasteiger partial charge is 0.308 e. The third-order valence-corrected chi connectivity index (χ3v) is 4.24. The maximum atomic E-state index is 12.4. The highest BCUT2D eigenvalue weighted by atomic mass is 16.5. The molecule has 1 heterocycles. The molecule has 1 aromatic heterocycles. The van der Waals surface area contributed by atoms with Crippen LogP contribution in [-0.2, 0) is 20.9 Å². The first kappa shape index (κ1) is 19.8. The van der Waals surface area contributed by atoms with Crippen molar-refractivity contribution in [1.82, 2.24) is 9.55 Å². The van der Waals surface area contributed by atoms with Crippen LogP contribution < -0.4 is 10.5 Å². The molecule has 0 N–H and O–H groups in total. The molecule has 3 aromatic rings. The number of anilines is 1. The van der Waals surface area contributed by atoms with Crippen molar-refractivity contribution in [1.29, 1.82) is 5.26 Å². The maximum absolute atomic E-state index is 12.4. The molecule has 0 saturated carbocycles. The van der Waals surface area contributed by atoms with Crippen LogP contribution in [0.3, 0.4) is 0 Å². The lowest BCUT2D eigenvalue weighted by atomic mass is 10.2. The fraction of sp³-hybridized carbons (Fsp3) is 0.190. The third kappa shape index (κ3) is 4.84. The number of rotatable bonds is 7. The molecule has 8 nitrogen and oxygen atoms in total. The van der Waals surface area contributed by atoms with E-state index in [0.717, 1.165) is 0 Å². The monoisotopic (exact) mass is 390 g/mol. The van der Waals surface area contributed by atoms with E-state index in [1.165, 1.54) is 15.8 Å². The van der Waals surface area contributed by atoms with Crippen LogP contribution in [0.1, 0.15) is 6.42 Å². The Balaban J connectivity index is 1.57. The molecule has 0 aliphatic carbocycles. The van der Waals surface area contributed by atoms with Gasteiger partial charge < -0.3 is 4.74 Å². The molecule has 0 unspecified atom stereocenters. The highest BCUT2D eigenvalue weighted by Crippen LogP contribution is 2.13. The Kier molecular flexibility index (Phi) is 6.32. The van der Waals surface area contributed by atoms with Crippen molar-refractivity contribution in [3.05, 3.63) is 71.3 Å². The van der Waals surface area contributed by atoms with Gasteiger partial charge in [-0.15, -0.1) is 0 Å². The van der Waals surface area contributed by atoms with E-state index in [1.807, 2.05) is 6.07 Å². The molecular weight excluding hydrogens is 372 g/mol. The number of aryl methyl sites for hydroxylation is 1. The van der Waals surface area contributed by atoms with Gasteiger partial charge in [0.2, 0.25) is 0 Å². The number of fused-ring (bicyclic) bond motifs is 1. The molecule has 0 atom stereocenters. The van der Waals surface area contributed by atoms with Gasteiger partial charge in [0.05, 0.1) is 29.7 Å². The topological polar surface area (TPSA) is 105 Å². The summed E-state index contributed by atoms with van der Waals surface area (Å²) in [5, 5.41) is 9.41. The van der Waals surface area contributed by atoms with Crippen molar-refractivity contribution >= 4 is 28.5 Å². The summed E-state index contributed by atoms with van der Waals surface area (Å²) in [6.45, 7) is -0.552. The molecular formula is C21H18N4O4. The van der Waals surface area contributed by atoms with E-state index >= 15 is 0 Å². The van der Waals surface area contributed by atoms with E-state index in [4.69, 9.17) is 10.00 Å². The first-order valence-electron chi connectivity index (χ1n) is 8.92. The third-order valence-electron chi connectivity index (χ3n) is 4.24.